The minimum atomic E-state index is -0.348. The SMILES string of the molecule is NC1CCC=C(CCCn2c(=O)cnc3ccc(F)cc32)CC1. The predicted octanol–water partition coefficient (Wildman–Crippen LogP) is 3.14. The monoisotopic (exact) mass is 315 g/mol. The van der Waals surface area contributed by atoms with Crippen molar-refractivity contribution < 1.29 is 4.39 Å². The summed E-state index contributed by atoms with van der Waals surface area (Å²) >= 11 is 0. The summed E-state index contributed by atoms with van der Waals surface area (Å²) in [6.07, 6.45) is 9.59. The van der Waals surface area contributed by atoms with Gasteiger partial charge in [0.25, 0.3) is 5.56 Å². The predicted molar refractivity (Wildman–Crippen MR) is 89.7 cm³/mol. The lowest BCUT2D eigenvalue weighted by molar-refractivity contribution is 0.577. The van der Waals surface area contributed by atoms with E-state index >= 15 is 0 Å². The van der Waals surface area contributed by atoms with E-state index in [-0.39, 0.29) is 11.4 Å². The molecule has 1 unspecified atom stereocenters. The van der Waals surface area contributed by atoms with E-state index in [1.807, 2.05) is 0 Å². The lowest BCUT2D eigenvalue weighted by Gasteiger charge is -2.11. The molecule has 3 rings (SSSR count). The molecule has 0 bridgehead atoms. The van der Waals surface area contributed by atoms with E-state index in [4.69, 9.17) is 5.73 Å². The molecule has 1 aliphatic rings. The van der Waals surface area contributed by atoms with E-state index in [1.54, 1.807) is 10.6 Å². The van der Waals surface area contributed by atoms with Crippen LogP contribution in [0.15, 0.2) is 40.8 Å². The zero-order valence-corrected chi connectivity index (χ0v) is 13.2. The summed E-state index contributed by atoms with van der Waals surface area (Å²) in [5, 5.41) is 0. The van der Waals surface area contributed by atoms with Crippen LogP contribution < -0.4 is 11.3 Å². The molecule has 23 heavy (non-hydrogen) atoms. The van der Waals surface area contributed by atoms with Gasteiger partial charge < -0.3 is 10.3 Å². The molecular formula is C18H22FN3O. The molecule has 0 saturated carbocycles. The van der Waals surface area contributed by atoms with Crippen LogP contribution in [0.25, 0.3) is 11.0 Å². The van der Waals surface area contributed by atoms with E-state index in [9.17, 15) is 9.18 Å². The van der Waals surface area contributed by atoms with Crippen LogP contribution >= 0.6 is 0 Å². The number of nitrogens with zero attached hydrogens (tertiary/aromatic N) is 2. The van der Waals surface area contributed by atoms with E-state index < -0.39 is 0 Å². The number of fused-ring (bicyclic) bond motifs is 1. The topological polar surface area (TPSA) is 60.9 Å². The van der Waals surface area contributed by atoms with E-state index in [0.29, 0.717) is 23.6 Å². The smallest absolute Gasteiger partial charge is 0.269 e. The largest absolute Gasteiger partial charge is 0.328 e. The number of halogens is 1. The third-order valence-corrected chi connectivity index (χ3v) is 4.49. The van der Waals surface area contributed by atoms with Gasteiger partial charge in [0, 0.05) is 12.6 Å². The van der Waals surface area contributed by atoms with Crippen LogP contribution in [0.2, 0.25) is 0 Å². The van der Waals surface area contributed by atoms with Crippen molar-refractivity contribution >= 4 is 11.0 Å². The highest BCUT2D eigenvalue weighted by molar-refractivity contribution is 5.74. The van der Waals surface area contributed by atoms with Gasteiger partial charge in [0.1, 0.15) is 5.82 Å². The number of rotatable bonds is 4. The highest BCUT2D eigenvalue weighted by atomic mass is 19.1. The van der Waals surface area contributed by atoms with Crippen molar-refractivity contribution in [3.05, 3.63) is 52.2 Å². The highest BCUT2D eigenvalue weighted by Gasteiger charge is 2.10. The standard InChI is InChI=1S/C18H22FN3O/c19-14-7-9-16-17(11-14)22(18(23)12-21-16)10-2-4-13-3-1-5-15(20)8-6-13/h3,7,9,11-12,15H,1-2,4-6,8,10,20H2. The van der Waals surface area contributed by atoms with Gasteiger partial charge in [-0.2, -0.15) is 0 Å². The second-order valence-electron chi connectivity index (χ2n) is 6.22. The number of allylic oxidation sites excluding steroid dienone is 2. The lowest BCUT2D eigenvalue weighted by Crippen LogP contribution is -2.20. The molecule has 1 atom stereocenters. The van der Waals surface area contributed by atoms with Crippen molar-refractivity contribution in [2.45, 2.75) is 51.1 Å². The number of hydrogen-bond acceptors (Lipinski definition) is 3. The van der Waals surface area contributed by atoms with Crippen molar-refractivity contribution in [3.8, 4) is 0 Å². The van der Waals surface area contributed by atoms with Gasteiger partial charge >= 0.3 is 0 Å². The molecule has 2 aromatic rings. The molecule has 0 fully saturated rings. The summed E-state index contributed by atoms with van der Waals surface area (Å²) < 4.78 is 15.1. The van der Waals surface area contributed by atoms with Gasteiger partial charge in [-0.1, -0.05) is 11.6 Å². The van der Waals surface area contributed by atoms with Crippen LogP contribution in [0.4, 0.5) is 4.39 Å². The van der Waals surface area contributed by atoms with Crippen molar-refractivity contribution in [1.29, 1.82) is 0 Å². The molecule has 1 heterocycles. The Hall–Kier alpha value is -2.01. The van der Waals surface area contributed by atoms with Gasteiger partial charge in [-0.15, -0.1) is 0 Å². The molecule has 5 heteroatoms. The Labute approximate surface area is 134 Å². The molecule has 0 radical (unpaired) electrons. The summed E-state index contributed by atoms with van der Waals surface area (Å²) in [5.74, 6) is -0.348. The fourth-order valence-electron chi connectivity index (χ4n) is 3.18. The first-order chi connectivity index (χ1) is 11.1. The molecule has 0 spiro atoms. The maximum Gasteiger partial charge on any atom is 0.269 e. The molecule has 0 amide bonds. The Morgan fingerprint density at radius 1 is 1.35 bits per heavy atom. The van der Waals surface area contributed by atoms with Gasteiger partial charge in [0.05, 0.1) is 17.2 Å². The molecule has 122 valence electrons. The quantitative estimate of drug-likeness (QED) is 0.882. The zero-order valence-electron chi connectivity index (χ0n) is 13.2. The Morgan fingerprint density at radius 3 is 3.09 bits per heavy atom. The molecule has 1 aromatic carbocycles. The van der Waals surface area contributed by atoms with Crippen molar-refractivity contribution in [2.24, 2.45) is 5.73 Å². The first-order valence-electron chi connectivity index (χ1n) is 8.22. The summed E-state index contributed by atoms with van der Waals surface area (Å²) in [4.78, 5) is 16.1. The van der Waals surface area contributed by atoms with Crippen molar-refractivity contribution in [3.63, 3.8) is 0 Å². The Kier molecular flexibility index (Phi) is 4.86. The lowest BCUT2D eigenvalue weighted by atomic mass is 10.0. The summed E-state index contributed by atoms with van der Waals surface area (Å²) in [7, 11) is 0. The maximum atomic E-state index is 13.5. The second-order valence-corrected chi connectivity index (χ2v) is 6.22. The zero-order chi connectivity index (χ0) is 16.2. The minimum absolute atomic E-state index is 0.181. The fourth-order valence-corrected chi connectivity index (χ4v) is 3.18. The van der Waals surface area contributed by atoms with Crippen LogP contribution in [0.3, 0.4) is 0 Å². The van der Waals surface area contributed by atoms with E-state index in [1.165, 1.54) is 23.9 Å². The van der Waals surface area contributed by atoms with Gasteiger partial charge in [-0.3, -0.25) is 4.79 Å². The Bertz CT molecular complexity index is 781. The van der Waals surface area contributed by atoms with Gasteiger partial charge in [0.2, 0.25) is 0 Å². The molecule has 2 N–H and O–H groups in total. The molecule has 1 aromatic heterocycles. The first kappa shape index (κ1) is 15.9. The number of hydrogen-bond donors (Lipinski definition) is 1. The van der Waals surface area contributed by atoms with Crippen LogP contribution in [0.5, 0.6) is 0 Å². The highest BCUT2D eigenvalue weighted by Crippen LogP contribution is 2.21. The molecular weight excluding hydrogens is 293 g/mol. The van der Waals surface area contributed by atoms with Crippen molar-refractivity contribution in [2.75, 3.05) is 0 Å². The molecule has 1 aliphatic carbocycles. The minimum Gasteiger partial charge on any atom is -0.328 e. The maximum absolute atomic E-state index is 13.5. The normalized spacial score (nSPS) is 18.7. The Morgan fingerprint density at radius 2 is 2.22 bits per heavy atom. The third kappa shape index (κ3) is 3.85. The average Bonchev–Trinajstić information content (AvgIpc) is 2.74. The van der Waals surface area contributed by atoms with Gasteiger partial charge in [0.15, 0.2) is 0 Å². The van der Waals surface area contributed by atoms with Crippen molar-refractivity contribution in [1.82, 2.24) is 9.55 Å². The van der Waals surface area contributed by atoms with E-state index in [0.717, 1.165) is 38.5 Å². The van der Waals surface area contributed by atoms with Crippen LogP contribution in [-0.2, 0) is 6.54 Å². The molecule has 4 nitrogen and oxygen atoms in total. The fraction of sp³-hybridized carbons (Fsp3) is 0.444. The van der Waals surface area contributed by atoms with Gasteiger partial charge in [-0.05, 0) is 56.7 Å². The van der Waals surface area contributed by atoms with Crippen LogP contribution in [0, 0.1) is 5.82 Å². The number of benzene rings is 1. The van der Waals surface area contributed by atoms with Crippen LogP contribution in [-0.4, -0.2) is 15.6 Å². The number of aryl methyl sites for hydroxylation is 1. The molecule has 0 saturated heterocycles. The van der Waals surface area contributed by atoms with E-state index in [2.05, 4.69) is 11.1 Å². The summed E-state index contributed by atoms with van der Waals surface area (Å²) in [6.45, 7) is 0.574. The summed E-state index contributed by atoms with van der Waals surface area (Å²) in [5.41, 5.74) is 8.45. The average molecular weight is 315 g/mol. The second kappa shape index (κ2) is 7.04. The molecule has 0 aliphatic heterocycles. The summed E-state index contributed by atoms with van der Waals surface area (Å²) in [6, 6.07) is 4.66. The third-order valence-electron chi connectivity index (χ3n) is 4.49. The number of aromatic nitrogens is 2. The Balaban J connectivity index is 1.72. The first-order valence-corrected chi connectivity index (χ1v) is 8.22. The van der Waals surface area contributed by atoms with Crippen LogP contribution in [0.1, 0.15) is 38.5 Å². The number of nitrogens with two attached hydrogens (primary N) is 1. The van der Waals surface area contributed by atoms with Gasteiger partial charge in [-0.25, -0.2) is 9.37 Å².